The third-order valence-electron chi connectivity index (χ3n) is 4.12. The van der Waals surface area contributed by atoms with E-state index in [-0.39, 0.29) is 12.3 Å². The van der Waals surface area contributed by atoms with Gasteiger partial charge in [0.1, 0.15) is 0 Å². The van der Waals surface area contributed by atoms with Gasteiger partial charge in [0.25, 0.3) is 0 Å². The zero-order chi connectivity index (χ0) is 19.8. The van der Waals surface area contributed by atoms with Crippen LogP contribution in [0.5, 0.6) is 23.0 Å². The molecule has 0 fully saturated rings. The van der Waals surface area contributed by atoms with Crippen molar-refractivity contribution in [1.82, 2.24) is 5.32 Å². The second-order valence-electron chi connectivity index (χ2n) is 5.70. The zero-order valence-corrected chi connectivity index (χ0v) is 17.5. The molecule has 1 N–H and O–H groups in total. The van der Waals surface area contributed by atoms with Crippen LogP contribution in [-0.2, 0) is 17.6 Å². The summed E-state index contributed by atoms with van der Waals surface area (Å²) in [5.74, 6) is 2.47. The average Bonchev–Trinajstić information content (AvgIpc) is 2.68. The van der Waals surface area contributed by atoms with Crippen LogP contribution in [0.15, 0.2) is 34.8 Å². The first-order chi connectivity index (χ1) is 13.0. The van der Waals surface area contributed by atoms with E-state index in [1.54, 1.807) is 34.5 Å². The molecule has 0 atom stereocenters. The number of hydrogen-bond donors (Lipinski definition) is 1. The van der Waals surface area contributed by atoms with E-state index in [1.807, 2.05) is 24.3 Å². The lowest BCUT2D eigenvalue weighted by Gasteiger charge is -2.14. The van der Waals surface area contributed by atoms with Crippen LogP contribution < -0.4 is 24.3 Å². The third-order valence-corrected chi connectivity index (χ3v) is 4.99. The van der Waals surface area contributed by atoms with Gasteiger partial charge < -0.3 is 24.3 Å². The molecule has 0 saturated heterocycles. The number of rotatable bonds is 9. The molecule has 27 heavy (non-hydrogen) atoms. The fraction of sp³-hybridized carbons (Fsp3) is 0.350. The van der Waals surface area contributed by atoms with E-state index in [0.717, 1.165) is 11.1 Å². The predicted octanol–water partition coefficient (Wildman–Crippen LogP) is 3.38. The number of carbonyl (C=O) groups excluding carboxylic acids is 1. The number of para-hydroxylation sites is 1. The van der Waals surface area contributed by atoms with Gasteiger partial charge in [-0.3, -0.25) is 4.79 Å². The van der Waals surface area contributed by atoms with Gasteiger partial charge in [-0.15, -0.1) is 0 Å². The maximum Gasteiger partial charge on any atom is 0.224 e. The highest BCUT2D eigenvalue weighted by Crippen LogP contribution is 2.37. The molecule has 0 radical (unpaired) electrons. The molecular formula is C20H24BrNO5. The molecule has 0 spiro atoms. The smallest absolute Gasteiger partial charge is 0.224 e. The average molecular weight is 438 g/mol. The molecule has 0 heterocycles. The molecule has 0 saturated carbocycles. The van der Waals surface area contributed by atoms with Crippen LogP contribution in [0.4, 0.5) is 0 Å². The van der Waals surface area contributed by atoms with Crippen molar-refractivity contribution >= 4 is 21.8 Å². The van der Waals surface area contributed by atoms with Crippen LogP contribution >= 0.6 is 15.9 Å². The van der Waals surface area contributed by atoms with Crippen molar-refractivity contribution < 1.29 is 23.7 Å². The second kappa shape index (κ2) is 10.1. The molecule has 0 aliphatic carbocycles. The summed E-state index contributed by atoms with van der Waals surface area (Å²) in [6.45, 7) is 0.493. The SMILES string of the molecule is COc1cccc(CCNC(=O)Cc2ccc(OC)c(OC)c2Br)c1OC. The highest BCUT2D eigenvalue weighted by atomic mass is 79.9. The van der Waals surface area contributed by atoms with Crippen molar-refractivity contribution in [3.8, 4) is 23.0 Å². The van der Waals surface area contributed by atoms with Gasteiger partial charge in [0.05, 0.1) is 39.3 Å². The first-order valence-corrected chi connectivity index (χ1v) is 9.20. The van der Waals surface area contributed by atoms with Crippen molar-refractivity contribution in [2.75, 3.05) is 35.0 Å². The highest BCUT2D eigenvalue weighted by Gasteiger charge is 2.15. The Morgan fingerprint density at radius 1 is 0.889 bits per heavy atom. The maximum absolute atomic E-state index is 12.3. The summed E-state index contributed by atoms with van der Waals surface area (Å²) < 4.78 is 22.0. The third kappa shape index (κ3) is 5.07. The molecule has 1 amide bonds. The Hall–Kier alpha value is -2.41. The Kier molecular flexibility index (Phi) is 7.79. The lowest BCUT2D eigenvalue weighted by Crippen LogP contribution is -2.27. The van der Waals surface area contributed by atoms with Gasteiger partial charge in [-0.25, -0.2) is 0 Å². The van der Waals surface area contributed by atoms with E-state index in [4.69, 9.17) is 18.9 Å². The molecule has 146 valence electrons. The van der Waals surface area contributed by atoms with Crippen molar-refractivity contribution in [2.45, 2.75) is 12.8 Å². The molecule has 0 aliphatic rings. The van der Waals surface area contributed by atoms with Gasteiger partial charge in [-0.1, -0.05) is 18.2 Å². The second-order valence-corrected chi connectivity index (χ2v) is 6.50. The van der Waals surface area contributed by atoms with E-state index in [9.17, 15) is 4.79 Å². The van der Waals surface area contributed by atoms with Crippen molar-refractivity contribution in [3.05, 3.63) is 45.9 Å². The Bertz CT molecular complexity index is 794. The normalized spacial score (nSPS) is 10.3. The van der Waals surface area contributed by atoms with Gasteiger partial charge in [0.15, 0.2) is 23.0 Å². The maximum atomic E-state index is 12.3. The number of amides is 1. The Morgan fingerprint density at radius 3 is 2.19 bits per heavy atom. The first kappa shape index (κ1) is 20.9. The minimum Gasteiger partial charge on any atom is -0.493 e. The predicted molar refractivity (Wildman–Crippen MR) is 107 cm³/mol. The quantitative estimate of drug-likeness (QED) is 0.651. The molecule has 6 nitrogen and oxygen atoms in total. The standard InChI is InChI=1S/C20H24BrNO5/c1-24-15-7-5-6-13(19(15)26-3)10-11-22-17(23)12-14-8-9-16(25-2)20(27-4)18(14)21/h5-9H,10-12H2,1-4H3,(H,22,23). The number of ether oxygens (including phenoxy) is 4. The molecule has 0 aromatic heterocycles. The van der Waals surface area contributed by atoms with Crippen LogP contribution in [0.1, 0.15) is 11.1 Å². The first-order valence-electron chi connectivity index (χ1n) is 8.41. The number of methoxy groups -OCH3 is 4. The fourth-order valence-corrected chi connectivity index (χ4v) is 3.42. The number of carbonyl (C=O) groups is 1. The summed E-state index contributed by atoms with van der Waals surface area (Å²) in [5, 5.41) is 2.93. The largest absolute Gasteiger partial charge is 0.493 e. The minimum absolute atomic E-state index is 0.0789. The molecular weight excluding hydrogens is 414 g/mol. The van der Waals surface area contributed by atoms with Gasteiger partial charge in [-0.2, -0.15) is 0 Å². The number of nitrogens with one attached hydrogen (secondary N) is 1. The van der Waals surface area contributed by atoms with Crippen molar-refractivity contribution in [2.24, 2.45) is 0 Å². The highest BCUT2D eigenvalue weighted by molar-refractivity contribution is 9.10. The van der Waals surface area contributed by atoms with E-state index in [2.05, 4.69) is 21.2 Å². The topological polar surface area (TPSA) is 66.0 Å². The van der Waals surface area contributed by atoms with Crippen LogP contribution in [-0.4, -0.2) is 40.9 Å². The Morgan fingerprint density at radius 2 is 1.56 bits per heavy atom. The molecule has 2 aromatic rings. The molecule has 0 aliphatic heterocycles. The van der Waals surface area contributed by atoms with Gasteiger partial charge in [0.2, 0.25) is 5.91 Å². The number of hydrogen-bond acceptors (Lipinski definition) is 5. The summed E-state index contributed by atoms with van der Waals surface area (Å²) in [5.41, 5.74) is 1.80. The lowest BCUT2D eigenvalue weighted by atomic mass is 10.1. The minimum atomic E-state index is -0.0789. The molecule has 0 bridgehead atoms. The summed E-state index contributed by atoms with van der Waals surface area (Å²) in [4.78, 5) is 12.3. The molecule has 0 unspecified atom stereocenters. The van der Waals surface area contributed by atoms with Gasteiger partial charge in [-0.05, 0) is 45.6 Å². The molecule has 2 aromatic carbocycles. The summed E-state index contributed by atoms with van der Waals surface area (Å²) in [6.07, 6.45) is 0.870. The van der Waals surface area contributed by atoms with Gasteiger partial charge >= 0.3 is 0 Å². The van der Waals surface area contributed by atoms with E-state index < -0.39 is 0 Å². The van der Waals surface area contributed by atoms with E-state index in [1.165, 1.54) is 0 Å². The zero-order valence-electron chi connectivity index (χ0n) is 15.9. The molecule has 7 heteroatoms. The monoisotopic (exact) mass is 437 g/mol. The van der Waals surface area contributed by atoms with Gasteiger partial charge in [0, 0.05) is 6.54 Å². The van der Waals surface area contributed by atoms with E-state index in [0.29, 0.717) is 40.4 Å². The lowest BCUT2D eigenvalue weighted by molar-refractivity contribution is -0.120. The van der Waals surface area contributed by atoms with Crippen LogP contribution in [0.3, 0.4) is 0 Å². The summed E-state index contributed by atoms with van der Waals surface area (Å²) in [6, 6.07) is 9.33. The van der Waals surface area contributed by atoms with E-state index >= 15 is 0 Å². The van der Waals surface area contributed by atoms with Crippen LogP contribution in [0.2, 0.25) is 0 Å². The van der Waals surface area contributed by atoms with Crippen molar-refractivity contribution in [3.63, 3.8) is 0 Å². The number of benzene rings is 2. The Labute approximate surface area is 167 Å². The summed E-state index contributed by atoms with van der Waals surface area (Å²) >= 11 is 3.49. The Balaban J connectivity index is 1.98. The van der Waals surface area contributed by atoms with Crippen LogP contribution in [0.25, 0.3) is 0 Å². The van der Waals surface area contributed by atoms with Crippen molar-refractivity contribution in [1.29, 1.82) is 0 Å². The fourth-order valence-electron chi connectivity index (χ4n) is 2.79. The van der Waals surface area contributed by atoms with Crippen LogP contribution in [0, 0.1) is 0 Å². The summed E-state index contributed by atoms with van der Waals surface area (Å²) in [7, 11) is 6.34. The molecule has 2 rings (SSSR count). The number of halogens is 1.